The molecule has 0 aliphatic heterocycles. The van der Waals surface area contributed by atoms with Crippen molar-refractivity contribution in [3.05, 3.63) is 134 Å². The summed E-state index contributed by atoms with van der Waals surface area (Å²) in [7, 11) is -11.9. The Hall–Kier alpha value is -2.70. The van der Waals surface area contributed by atoms with Crippen LogP contribution in [0.1, 0.15) is 32.8 Å². The molecule has 0 aliphatic rings. The quantitative estimate of drug-likeness (QED) is 0.0829. The third-order valence-corrected chi connectivity index (χ3v) is 11.4. The first-order valence-corrected chi connectivity index (χ1v) is 18.1. The Morgan fingerprint density at radius 1 is 0.702 bits per heavy atom. The molecule has 0 radical (unpaired) electrons. The van der Waals surface area contributed by atoms with Crippen molar-refractivity contribution in [3.63, 3.8) is 0 Å². The summed E-state index contributed by atoms with van der Waals surface area (Å²) >= 11 is 13.6. The first-order chi connectivity index (χ1) is 21.8. The molecule has 4 N–H and O–H groups in total. The summed E-state index contributed by atoms with van der Waals surface area (Å²) in [6.07, 6.45) is -0.171. The molecule has 0 amide bonds. The van der Waals surface area contributed by atoms with Crippen LogP contribution in [-0.4, -0.2) is 24.6 Å². The number of alkyl halides is 4. The van der Waals surface area contributed by atoms with Crippen LogP contribution in [0.25, 0.3) is 10.2 Å². The predicted molar refractivity (Wildman–Crippen MR) is 169 cm³/mol. The zero-order valence-electron chi connectivity index (χ0n) is 23.5. The minimum atomic E-state index is -5.94. The molecule has 0 spiro atoms. The number of rotatable bonds is 10. The molecule has 0 aliphatic carbocycles. The first kappa shape index (κ1) is 35.6. The number of thiazole rings is 1. The summed E-state index contributed by atoms with van der Waals surface area (Å²) in [5.74, 6) is -0.578. The van der Waals surface area contributed by atoms with Crippen LogP contribution in [0.5, 0.6) is 0 Å². The number of halogens is 7. The largest absolute Gasteiger partial charge is 0.399 e. The Kier molecular flexibility index (Phi) is 9.57. The summed E-state index contributed by atoms with van der Waals surface area (Å²) in [5, 5.41) is -0.841. The van der Waals surface area contributed by atoms with Crippen LogP contribution in [-0.2, 0) is 38.7 Å². The Bertz CT molecular complexity index is 1950. The second-order valence-electron chi connectivity index (χ2n) is 10.7. The topological polar surface area (TPSA) is 128 Å². The van der Waals surface area contributed by atoms with Gasteiger partial charge in [-0.2, -0.15) is 17.6 Å². The van der Waals surface area contributed by atoms with Crippen molar-refractivity contribution >= 4 is 59.9 Å². The SMILES string of the molecule is O=P(O)(O)C(F)(F)c1ccc(CC(Cc2ccc(C(F)(F)P(=O)(O)O)c(Cl)c2)(c2ccc(F)cc2)c2nc3ccccc3s2)cc1Cl. The van der Waals surface area contributed by atoms with E-state index in [9.17, 15) is 50.7 Å². The zero-order chi connectivity index (χ0) is 34.6. The Morgan fingerprint density at radius 2 is 1.17 bits per heavy atom. The van der Waals surface area contributed by atoms with Gasteiger partial charge in [0.2, 0.25) is 0 Å². The molecular formula is C30H22Cl2F5NO6P2S. The van der Waals surface area contributed by atoms with Crippen molar-refractivity contribution in [1.29, 1.82) is 0 Å². The third-order valence-electron chi connectivity index (χ3n) is 7.56. The maximum Gasteiger partial charge on any atom is 0.399 e. The van der Waals surface area contributed by atoms with Crippen LogP contribution in [0.2, 0.25) is 10.0 Å². The van der Waals surface area contributed by atoms with Gasteiger partial charge in [-0.3, -0.25) is 9.13 Å². The number of aromatic nitrogens is 1. The zero-order valence-corrected chi connectivity index (χ0v) is 27.6. The van der Waals surface area contributed by atoms with Gasteiger partial charge in [0.15, 0.2) is 0 Å². The number of nitrogens with zero attached hydrogens (tertiary/aromatic N) is 1. The maximum absolute atomic E-state index is 14.6. The van der Waals surface area contributed by atoms with Crippen LogP contribution < -0.4 is 0 Å². The van der Waals surface area contributed by atoms with E-state index >= 15 is 0 Å². The third kappa shape index (κ3) is 6.79. The fourth-order valence-electron chi connectivity index (χ4n) is 5.22. The normalized spacial score (nSPS) is 13.3. The van der Waals surface area contributed by atoms with Gasteiger partial charge in [-0.25, -0.2) is 9.37 Å². The van der Waals surface area contributed by atoms with Crippen molar-refractivity contribution in [1.82, 2.24) is 4.98 Å². The number of fused-ring (bicyclic) bond motifs is 1. The lowest BCUT2D eigenvalue weighted by molar-refractivity contribution is 0.0565. The smallest absolute Gasteiger partial charge is 0.320 e. The van der Waals surface area contributed by atoms with E-state index in [2.05, 4.69) is 0 Å². The molecule has 5 aromatic rings. The lowest BCUT2D eigenvalue weighted by Gasteiger charge is -2.34. The van der Waals surface area contributed by atoms with Gasteiger partial charge >= 0.3 is 26.5 Å². The summed E-state index contributed by atoms with van der Waals surface area (Å²) in [5.41, 5.74) is -11.0. The maximum atomic E-state index is 14.6. The van der Waals surface area contributed by atoms with Crippen molar-refractivity contribution in [2.24, 2.45) is 0 Å². The van der Waals surface area contributed by atoms with Gasteiger partial charge < -0.3 is 19.6 Å². The molecule has 248 valence electrons. The first-order valence-electron chi connectivity index (χ1n) is 13.3. The summed E-state index contributed by atoms with van der Waals surface area (Å²) < 4.78 is 96.3. The van der Waals surface area contributed by atoms with E-state index in [4.69, 9.17) is 28.2 Å². The minimum absolute atomic E-state index is 0.0854. The second kappa shape index (κ2) is 12.6. The lowest BCUT2D eigenvalue weighted by atomic mass is 9.71. The average molecular weight is 752 g/mol. The second-order valence-corrected chi connectivity index (χ2v) is 15.9. The van der Waals surface area contributed by atoms with E-state index in [1.807, 2.05) is 0 Å². The molecule has 0 saturated carbocycles. The van der Waals surface area contributed by atoms with Crippen LogP contribution in [0, 0.1) is 5.82 Å². The van der Waals surface area contributed by atoms with Gasteiger partial charge in [0, 0.05) is 0 Å². The van der Waals surface area contributed by atoms with Crippen LogP contribution in [0.15, 0.2) is 84.9 Å². The van der Waals surface area contributed by atoms with Gasteiger partial charge in [-0.05, 0) is 65.9 Å². The van der Waals surface area contributed by atoms with Crippen LogP contribution in [0.4, 0.5) is 22.0 Å². The van der Waals surface area contributed by atoms with Crippen molar-refractivity contribution in [3.8, 4) is 0 Å². The van der Waals surface area contributed by atoms with Gasteiger partial charge in [-0.1, -0.05) is 71.7 Å². The van der Waals surface area contributed by atoms with Crippen molar-refractivity contribution in [2.75, 3.05) is 0 Å². The molecule has 47 heavy (non-hydrogen) atoms. The average Bonchev–Trinajstić information content (AvgIpc) is 3.41. The molecule has 7 nitrogen and oxygen atoms in total. The van der Waals surface area contributed by atoms with Gasteiger partial charge in [0.25, 0.3) is 0 Å². The van der Waals surface area contributed by atoms with E-state index in [1.54, 1.807) is 24.3 Å². The number of para-hydroxylation sites is 1. The predicted octanol–water partition coefficient (Wildman–Crippen LogP) is 8.97. The molecular weight excluding hydrogens is 730 g/mol. The minimum Gasteiger partial charge on any atom is -0.320 e. The highest BCUT2D eigenvalue weighted by atomic mass is 35.5. The van der Waals surface area contributed by atoms with Crippen molar-refractivity contribution in [2.45, 2.75) is 29.6 Å². The fraction of sp³-hybridized carbons (Fsp3) is 0.167. The molecule has 0 bridgehead atoms. The summed E-state index contributed by atoms with van der Waals surface area (Å²) in [6, 6.07) is 18.6. The molecule has 0 atom stereocenters. The Labute approximate surface area is 278 Å². The number of hydrogen-bond acceptors (Lipinski definition) is 4. The molecule has 0 fully saturated rings. The van der Waals surface area contributed by atoms with E-state index in [1.165, 1.54) is 47.7 Å². The van der Waals surface area contributed by atoms with Gasteiger partial charge in [-0.15, -0.1) is 11.3 Å². The molecule has 17 heteroatoms. The van der Waals surface area contributed by atoms with Crippen LogP contribution >= 0.6 is 49.7 Å². The highest BCUT2D eigenvalue weighted by Gasteiger charge is 2.53. The highest BCUT2D eigenvalue weighted by molar-refractivity contribution is 7.53. The molecule has 4 aromatic carbocycles. The van der Waals surface area contributed by atoms with Crippen LogP contribution in [0.3, 0.4) is 0 Å². The van der Waals surface area contributed by atoms with Crippen molar-refractivity contribution < 1.29 is 50.7 Å². The van der Waals surface area contributed by atoms with E-state index in [0.29, 0.717) is 27.2 Å². The standard InChI is InChI=1S/C30H22Cl2F5NO6P2S/c31-23-13-17(5-11-21(23)29(34,35)45(39,40)41)15-28(19-7-9-20(33)10-8-19,27-38-25-3-1-2-4-26(25)47-27)16-18-6-12-22(24(32)14-18)30(36,37)46(42,43)44/h1-14H,15-16H2,(H2,39,40,41)(H2,42,43,44). The van der Waals surface area contributed by atoms with E-state index < -0.39 is 58.9 Å². The molecule has 1 heterocycles. The van der Waals surface area contributed by atoms with Gasteiger partial charge in [0.1, 0.15) is 10.8 Å². The fourth-order valence-corrected chi connectivity index (χ4v) is 8.19. The molecule has 5 rings (SSSR count). The Morgan fingerprint density at radius 3 is 1.60 bits per heavy atom. The summed E-state index contributed by atoms with van der Waals surface area (Å²) in [6.45, 7) is 0. The lowest BCUT2D eigenvalue weighted by Crippen LogP contribution is -2.33. The molecule has 0 unspecified atom stereocenters. The molecule has 0 saturated heterocycles. The van der Waals surface area contributed by atoms with Gasteiger partial charge in [0.05, 0.1) is 36.8 Å². The number of hydrogen-bond donors (Lipinski definition) is 4. The van der Waals surface area contributed by atoms with E-state index in [0.717, 1.165) is 29.0 Å². The highest BCUT2D eigenvalue weighted by Crippen LogP contribution is 2.61. The Balaban J connectivity index is 1.72. The number of benzene rings is 4. The summed E-state index contributed by atoms with van der Waals surface area (Å²) in [4.78, 5) is 41.7. The van der Waals surface area contributed by atoms with E-state index in [-0.39, 0.29) is 12.8 Å². The monoisotopic (exact) mass is 751 g/mol. The molecule has 1 aromatic heterocycles.